The zero-order chi connectivity index (χ0) is 19.5. The maximum Gasteiger partial charge on any atom is 0.286 e. The normalized spacial score (nSPS) is 18.6. The Kier molecular flexibility index (Phi) is 5.59. The van der Waals surface area contributed by atoms with Crippen molar-refractivity contribution in [3.63, 3.8) is 0 Å². The number of amides is 1. The SMILES string of the molecule is COc1ccc(N2CCN(C3=NC(=O)/C(=C/c4ccccc4Cl)S3)CC2)cc1. The fourth-order valence-corrected chi connectivity index (χ4v) is 4.36. The van der Waals surface area contributed by atoms with Crippen LogP contribution in [0.1, 0.15) is 5.56 Å². The van der Waals surface area contributed by atoms with Crippen molar-refractivity contribution >= 4 is 46.2 Å². The smallest absolute Gasteiger partial charge is 0.286 e. The van der Waals surface area contributed by atoms with E-state index in [1.54, 1.807) is 7.11 Å². The molecule has 2 aliphatic rings. The summed E-state index contributed by atoms with van der Waals surface area (Å²) in [5.41, 5.74) is 2.01. The third-order valence-electron chi connectivity index (χ3n) is 4.79. The third-order valence-corrected chi connectivity index (χ3v) is 6.18. The molecule has 0 unspecified atom stereocenters. The number of rotatable bonds is 3. The van der Waals surface area contributed by atoms with E-state index in [4.69, 9.17) is 16.3 Å². The lowest BCUT2D eigenvalue weighted by Crippen LogP contribution is -2.47. The number of aliphatic imine (C=N–C) groups is 1. The molecule has 2 aromatic rings. The van der Waals surface area contributed by atoms with Gasteiger partial charge in [0, 0.05) is 36.9 Å². The van der Waals surface area contributed by atoms with Crippen LogP contribution in [0.3, 0.4) is 0 Å². The Morgan fingerprint density at radius 2 is 1.71 bits per heavy atom. The van der Waals surface area contributed by atoms with Crippen LogP contribution < -0.4 is 9.64 Å². The van der Waals surface area contributed by atoms with Crippen LogP contribution in [0.5, 0.6) is 5.75 Å². The van der Waals surface area contributed by atoms with Crippen LogP contribution in [-0.2, 0) is 4.79 Å². The van der Waals surface area contributed by atoms with Crippen molar-refractivity contribution in [2.24, 2.45) is 4.99 Å². The van der Waals surface area contributed by atoms with Crippen LogP contribution in [0.25, 0.3) is 6.08 Å². The van der Waals surface area contributed by atoms with Gasteiger partial charge in [0.25, 0.3) is 5.91 Å². The number of ether oxygens (including phenoxy) is 1. The Labute approximate surface area is 173 Å². The molecule has 0 bridgehead atoms. The van der Waals surface area contributed by atoms with Gasteiger partial charge in [-0.15, -0.1) is 0 Å². The number of halogens is 1. The molecule has 144 valence electrons. The van der Waals surface area contributed by atoms with Crippen molar-refractivity contribution in [1.29, 1.82) is 0 Å². The second-order valence-electron chi connectivity index (χ2n) is 6.50. The van der Waals surface area contributed by atoms with Gasteiger partial charge in [0.2, 0.25) is 0 Å². The van der Waals surface area contributed by atoms with Crippen molar-refractivity contribution in [2.75, 3.05) is 38.2 Å². The summed E-state index contributed by atoms with van der Waals surface area (Å²) in [4.78, 5) is 21.7. The number of anilines is 1. The average molecular weight is 414 g/mol. The van der Waals surface area contributed by atoms with E-state index < -0.39 is 0 Å². The Bertz CT molecular complexity index is 935. The standard InChI is InChI=1S/C21H20ClN3O2S/c1-27-17-8-6-16(7-9-17)24-10-12-25(13-11-24)21-23-20(26)19(28-21)14-15-4-2-3-5-18(15)22/h2-9,14H,10-13H2,1H3/b19-14-. The Morgan fingerprint density at radius 1 is 1.04 bits per heavy atom. The number of carbonyl (C=O) groups excluding carboxylic acids is 1. The lowest BCUT2D eigenvalue weighted by molar-refractivity contribution is -0.113. The molecular weight excluding hydrogens is 394 g/mol. The van der Waals surface area contributed by atoms with Gasteiger partial charge in [0.15, 0.2) is 5.17 Å². The molecule has 4 rings (SSSR count). The molecule has 0 aromatic heterocycles. The number of thioether (sulfide) groups is 1. The van der Waals surface area contributed by atoms with Crippen LogP contribution in [-0.4, -0.2) is 49.3 Å². The molecule has 0 N–H and O–H groups in total. The first-order valence-corrected chi connectivity index (χ1v) is 10.2. The Balaban J connectivity index is 1.39. The van der Waals surface area contributed by atoms with E-state index in [0.29, 0.717) is 9.93 Å². The Morgan fingerprint density at radius 3 is 2.39 bits per heavy atom. The van der Waals surface area contributed by atoms with Crippen molar-refractivity contribution in [3.05, 3.63) is 64.0 Å². The van der Waals surface area contributed by atoms with E-state index in [1.807, 2.05) is 42.5 Å². The van der Waals surface area contributed by atoms with Crippen LogP contribution >= 0.6 is 23.4 Å². The molecule has 0 aliphatic carbocycles. The molecular formula is C21H20ClN3O2S. The fourth-order valence-electron chi connectivity index (χ4n) is 3.22. The lowest BCUT2D eigenvalue weighted by Gasteiger charge is -2.36. The lowest BCUT2D eigenvalue weighted by atomic mass is 10.2. The van der Waals surface area contributed by atoms with Crippen LogP contribution in [0.15, 0.2) is 58.4 Å². The highest BCUT2D eigenvalue weighted by atomic mass is 35.5. The van der Waals surface area contributed by atoms with E-state index in [1.165, 1.54) is 17.4 Å². The second-order valence-corrected chi connectivity index (χ2v) is 7.92. The molecule has 1 fully saturated rings. The van der Waals surface area contributed by atoms with Crippen LogP contribution in [0.2, 0.25) is 5.02 Å². The van der Waals surface area contributed by atoms with Crippen LogP contribution in [0, 0.1) is 0 Å². The number of hydrogen-bond acceptors (Lipinski definition) is 5. The number of carbonyl (C=O) groups is 1. The molecule has 0 atom stereocenters. The maximum atomic E-state index is 12.3. The van der Waals surface area contributed by atoms with Crippen LogP contribution in [0.4, 0.5) is 5.69 Å². The van der Waals surface area contributed by atoms with E-state index in [9.17, 15) is 4.79 Å². The van der Waals surface area contributed by atoms with Gasteiger partial charge in [-0.2, -0.15) is 4.99 Å². The summed E-state index contributed by atoms with van der Waals surface area (Å²) in [5, 5.41) is 1.41. The molecule has 2 aliphatic heterocycles. The second kappa shape index (κ2) is 8.29. The monoisotopic (exact) mass is 413 g/mol. The zero-order valence-corrected chi connectivity index (χ0v) is 17.0. The minimum absolute atomic E-state index is 0.197. The van der Waals surface area contributed by atoms with E-state index in [2.05, 4.69) is 26.9 Å². The maximum absolute atomic E-state index is 12.3. The van der Waals surface area contributed by atoms with Crippen molar-refractivity contribution in [2.45, 2.75) is 0 Å². The third kappa shape index (κ3) is 4.03. The molecule has 0 saturated carbocycles. The number of benzene rings is 2. The summed E-state index contributed by atoms with van der Waals surface area (Å²) < 4.78 is 5.22. The first-order valence-electron chi connectivity index (χ1n) is 9.05. The number of nitrogens with zero attached hydrogens (tertiary/aromatic N) is 3. The number of hydrogen-bond donors (Lipinski definition) is 0. The van der Waals surface area contributed by atoms with Gasteiger partial charge in [-0.05, 0) is 53.7 Å². The minimum atomic E-state index is -0.197. The largest absolute Gasteiger partial charge is 0.497 e. The molecule has 1 amide bonds. The van der Waals surface area contributed by atoms with E-state index >= 15 is 0 Å². The van der Waals surface area contributed by atoms with Gasteiger partial charge >= 0.3 is 0 Å². The van der Waals surface area contributed by atoms with E-state index in [-0.39, 0.29) is 5.91 Å². The predicted octanol–water partition coefficient (Wildman–Crippen LogP) is 4.14. The molecule has 7 heteroatoms. The zero-order valence-electron chi connectivity index (χ0n) is 15.5. The topological polar surface area (TPSA) is 45.1 Å². The summed E-state index contributed by atoms with van der Waals surface area (Å²) in [7, 11) is 1.67. The summed E-state index contributed by atoms with van der Waals surface area (Å²) in [6, 6.07) is 15.6. The summed E-state index contributed by atoms with van der Waals surface area (Å²) in [6.45, 7) is 3.41. The minimum Gasteiger partial charge on any atom is -0.497 e. The first kappa shape index (κ1) is 18.9. The first-order chi connectivity index (χ1) is 13.6. The average Bonchev–Trinajstić information content (AvgIpc) is 3.10. The van der Waals surface area contributed by atoms with Crippen molar-refractivity contribution < 1.29 is 9.53 Å². The van der Waals surface area contributed by atoms with Gasteiger partial charge < -0.3 is 14.5 Å². The molecule has 1 saturated heterocycles. The summed E-state index contributed by atoms with van der Waals surface area (Å²) in [5.74, 6) is 0.660. The highest BCUT2D eigenvalue weighted by molar-refractivity contribution is 8.18. The van der Waals surface area contributed by atoms with Crippen molar-refractivity contribution in [3.8, 4) is 5.75 Å². The van der Waals surface area contributed by atoms with Gasteiger partial charge in [-0.1, -0.05) is 29.8 Å². The fraction of sp³-hybridized carbons (Fsp3) is 0.238. The highest BCUT2D eigenvalue weighted by Crippen LogP contribution is 2.32. The predicted molar refractivity (Wildman–Crippen MR) is 116 cm³/mol. The molecule has 0 radical (unpaired) electrons. The highest BCUT2D eigenvalue weighted by Gasteiger charge is 2.28. The van der Waals surface area contributed by atoms with Crippen molar-refractivity contribution in [1.82, 2.24) is 4.90 Å². The molecule has 2 heterocycles. The number of methoxy groups -OCH3 is 1. The Hall–Kier alpha value is -2.44. The van der Waals surface area contributed by atoms with Gasteiger partial charge in [0.05, 0.1) is 12.0 Å². The molecule has 2 aromatic carbocycles. The number of piperazine rings is 1. The van der Waals surface area contributed by atoms with Gasteiger partial charge in [-0.3, -0.25) is 4.79 Å². The molecule has 0 spiro atoms. The quantitative estimate of drug-likeness (QED) is 0.707. The molecule has 28 heavy (non-hydrogen) atoms. The molecule has 5 nitrogen and oxygen atoms in total. The summed E-state index contributed by atoms with van der Waals surface area (Å²) in [6.07, 6.45) is 1.82. The number of amidine groups is 1. The summed E-state index contributed by atoms with van der Waals surface area (Å²) >= 11 is 7.63. The van der Waals surface area contributed by atoms with Gasteiger partial charge in [0.1, 0.15) is 5.75 Å². The van der Waals surface area contributed by atoms with Gasteiger partial charge in [-0.25, -0.2) is 0 Å². The van der Waals surface area contributed by atoms with E-state index in [0.717, 1.165) is 42.7 Å².